The van der Waals surface area contributed by atoms with E-state index in [1.54, 1.807) is 12.1 Å². The van der Waals surface area contributed by atoms with E-state index in [4.69, 9.17) is 11.6 Å². The van der Waals surface area contributed by atoms with Crippen molar-refractivity contribution < 1.29 is 4.92 Å². The summed E-state index contributed by atoms with van der Waals surface area (Å²) in [6.07, 6.45) is 3.81. The molecule has 0 aliphatic heterocycles. The van der Waals surface area contributed by atoms with Gasteiger partial charge in [-0.1, -0.05) is 24.3 Å². The minimum Gasteiger partial charge on any atom is -0.309 e. The lowest BCUT2D eigenvalue weighted by atomic mass is 10.2. The fraction of sp³-hybridized carbons (Fsp3) is 0.273. The normalized spacial score (nSPS) is 10.8. The van der Waals surface area contributed by atoms with Gasteiger partial charge in [-0.25, -0.2) is 0 Å². The first-order chi connectivity index (χ1) is 7.74. The number of benzene rings is 1. The lowest BCUT2D eigenvalue weighted by Crippen LogP contribution is -2.12. The van der Waals surface area contributed by atoms with Crippen LogP contribution in [0.15, 0.2) is 36.4 Å². The van der Waals surface area contributed by atoms with Crippen LogP contribution in [-0.2, 0) is 6.54 Å². The van der Waals surface area contributed by atoms with Gasteiger partial charge < -0.3 is 5.32 Å². The Morgan fingerprint density at radius 2 is 2.00 bits per heavy atom. The molecule has 16 heavy (non-hydrogen) atoms. The molecule has 4 nitrogen and oxygen atoms in total. The Kier molecular flexibility index (Phi) is 5.53. The number of alkyl halides is 1. The number of nitro benzene ring substituents is 1. The van der Waals surface area contributed by atoms with Crippen LogP contribution >= 0.6 is 11.6 Å². The number of halogens is 1. The third-order valence-electron chi connectivity index (χ3n) is 1.99. The summed E-state index contributed by atoms with van der Waals surface area (Å²) < 4.78 is 0. The van der Waals surface area contributed by atoms with E-state index in [1.165, 1.54) is 12.1 Å². The summed E-state index contributed by atoms with van der Waals surface area (Å²) in [5.41, 5.74) is 1.13. The highest BCUT2D eigenvalue weighted by Gasteiger charge is 2.02. The van der Waals surface area contributed by atoms with Gasteiger partial charge >= 0.3 is 0 Å². The highest BCUT2D eigenvalue weighted by molar-refractivity contribution is 6.18. The van der Waals surface area contributed by atoms with Gasteiger partial charge in [0.15, 0.2) is 0 Å². The van der Waals surface area contributed by atoms with Gasteiger partial charge in [-0.05, 0) is 5.56 Å². The number of rotatable bonds is 6. The number of hydrogen-bond donors (Lipinski definition) is 1. The molecule has 0 aromatic heterocycles. The van der Waals surface area contributed by atoms with Crippen LogP contribution in [0.2, 0.25) is 0 Å². The molecule has 86 valence electrons. The van der Waals surface area contributed by atoms with Crippen LogP contribution in [0.3, 0.4) is 0 Å². The van der Waals surface area contributed by atoms with Crippen molar-refractivity contribution in [2.45, 2.75) is 6.54 Å². The molecular formula is C11H13ClN2O2. The quantitative estimate of drug-likeness (QED) is 0.273. The first kappa shape index (κ1) is 12.7. The van der Waals surface area contributed by atoms with Gasteiger partial charge in [-0.3, -0.25) is 10.1 Å². The molecule has 0 radical (unpaired) electrons. The smallest absolute Gasteiger partial charge is 0.269 e. The van der Waals surface area contributed by atoms with E-state index in [0.29, 0.717) is 12.4 Å². The molecule has 0 unspecified atom stereocenters. The third kappa shape index (κ3) is 4.42. The highest BCUT2D eigenvalue weighted by atomic mass is 35.5. The van der Waals surface area contributed by atoms with E-state index in [0.717, 1.165) is 12.1 Å². The summed E-state index contributed by atoms with van der Waals surface area (Å²) in [5.74, 6) is 0.513. The predicted molar refractivity (Wildman–Crippen MR) is 64.7 cm³/mol. The maximum Gasteiger partial charge on any atom is 0.269 e. The largest absolute Gasteiger partial charge is 0.309 e. The molecule has 0 bridgehead atoms. The van der Waals surface area contributed by atoms with E-state index in [2.05, 4.69) is 5.32 Å². The molecule has 0 spiro atoms. The minimum absolute atomic E-state index is 0.116. The summed E-state index contributed by atoms with van der Waals surface area (Å²) in [4.78, 5) is 10.0. The van der Waals surface area contributed by atoms with Crippen molar-refractivity contribution in [2.24, 2.45) is 0 Å². The zero-order chi connectivity index (χ0) is 11.8. The fourth-order valence-electron chi connectivity index (χ4n) is 1.18. The summed E-state index contributed by atoms with van der Waals surface area (Å²) in [5, 5.41) is 13.6. The summed E-state index contributed by atoms with van der Waals surface area (Å²) >= 11 is 5.47. The zero-order valence-electron chi connectivity index (χ0n) is 8.73. The maximum atomic E-state index is 10.4. The van der Waals surface area contributed by atoms with Crippen molar-refractivity contribution in [2.75, 3.05) is 12.4 Å². The monoisotopic (exact) mass is 240 g/mol. The number of nitrogens with zero attached hydrogens (tertiary/aromatic N) is 1. The van der Waals surface area contributed by atoms with Gasteiger partial charge in [-0.2, -0.15) is 0 Å². The predicted octanol–water partition coefficient (Wildman–Crippen LogP) is 2.48. The molecule has 0 heterocycles. The standard InChI is InChI=1S/C11H13ClN2O2/c12-7-1-2-8-13-9-10-3-5-11(6-4-10)14(15)16/h1-6,13H,7-9H2/b2-1+. The Labute approximate surface area is 99.1 Å². The van der Waals surface area contributed by atoms with Crippen LogP contribution in [0.25, 0.3) is 0 Å². The molecule has 0 aliphatic rings. The SMILES string of the molecule is O=[N+]([O-])c1ccc(CNC/C=C/CCl)cc1. The molecule has 1 N–H and O–H groups in total. The summed E-state index contributed by atoms with van der Waals surface area (Å²) in [6, 6.07) is 6.50. The second-order valence-electron chi connectivity index (χ2n) is 3.18. The molecule has 1 aromatic rings. The lowest BCUT2D eigenvalue weighted by molar-refractivity contribution is -0.384. The molecule has 0 fully saturated rings. The van der Waals surface area contributed by atoms with Gasteiger partial charge in [0.05, 0.1) is 4.92 Å². The fourth-order valence-corrected chi connectivity index (χ4v) is 1.31. The average Bonchev–Trinajstić information content (AvgIpc) is 2.29. The molecule has 0 saturated heterocycles. The zero-order valence-corrected chi connectivity index (χ0v) is 9.48. The Hall–Kier alpha value is -1.39. The Balaban J connectivity index is 2.37. The Morgan fingerprint density at radius 3 is 2.56 bits per heavy atom. The van der Waals surface area contributed by atoms with Crippen LogP contribution in [0.4, 0.5) is 5.69 Å². The number of hydrogen-bond acceptors (Lipinski definition) is 3. The van der Waals surface area contributed by atoms with Crippen LogP contribution in [0.5, 0.6) is 0 Å². The van der Waals surface area contributed by atoms with E-state index < -0.39 is 4.92 Å². The van der Waals surface area contributed by atoms with Crippen molar-refractivity contribution >= 4 is 17.3 Å². The van der Waals surface area contributed by atoms with Gasteiger partial charge in [0, 0.05) is 31.1 Å². The minimum atomic E-state index is -0.402. The van der Waals surface area contributed by atoms with E-state index in [9.17, 15) is 10.1 Å². The van der Waals surface area contributed by atoms with Gasteiger partial charge in [-0.15, -0.1) is 11.6 Å². The van der Waals surface area contributed by atoms with Crippen LogP contribution in [0, 0.1) is 10.1 Å². The van der Waals surface area contributed by atoms with E-state index >= 15 is 0 Å². The third-order valence-corrected chi connectivity index (χ3v) is 2.17. The van der Waals surface area contributed by atoms with Gasteiger partial charge in [0.1, 0.15) is 0 Å². The number of non-ortho nitro benzene ring substituents is 1. The number of nitrogens with one attached hydrogen (secondary N) is 1. The lowest BCUT2D eigenvalue weighted by Gasteiger charge is -2.01. The molecular weight excluding hydrogens is 228 g/mol. The molecule has 0 aliphatic carbocycles. The second kappa shape index (κ2) is 6.98. The number of allylic oxidation sites excluding steroid dienone is 1. The first-order valence-corrected chi connectivity index (χ1v) is 5.42. The molecule has 1 aromatic carbocycles. The van der Waals surface area contributed by atoms with Crippen molar-refractivity contribution in [1.82, 2.24) is 5.32 Å². The van der Waals surface area contributed by atoms with Gasteiger partial charge in [0.2, 0.25) is 0 Å². The Bertz CT molecular complexity index is 363. The maximum absolute atomic E-state index is 10.4. The van der Waals surface area contributed by atoms with Gasteiger partial charge in [0.25, 0.3) is 5.69 Å². The molecule has 1 rings (SSSR count). The van der Waals surface area contributed by atoms with E-state index in [1.807, 2.05) is 12.2 Å². The van der Waals surface area contributed by atoms with Crippen molar-refractivity contribution in [1.29, 1.82) is 0 Å². The first-order valence-electron chi connectivity index (χ1n) is 4.89. The van der Waals surface area contributed by atoms with E-state index in [-0.39, 0.29) is 5.69 Å². The number of nitro groups is 1. The second-order valence-corrected chi connectivity index (χ2v) is 3.49. The topological polar surface area (TPSA) is 55.2 Å². The van der Waals surface area contributed by atoms with Crippen LogP contribution in [0.1, 0.15) is 5.56 Å². The van der Waals surface area contributed by atoms with Crippen LogP contribution < -0.4 is 5.32 Å². The molecule has 0 amide bonds. The average molecular weight is 241 g/mol. The molecule has 0 atom stereocenters. The molecule has 5 heteroatoms. The van der Waals surface area contributed by atoms with Crippen molar-refractivity contribution in [3.8, 4) is 0 Å². The summed E-state index contributed by atoms with van der Waals surface area (Å²) in [6.45, 7) is 1.42. The Morgan fingerprint density at radius 1 is 1.31 bits per heavy atom. The van der Waals surface area contributed by atoms with Crippen molar-refractivity contribution in [3.63, 3.8) is 0 Å². The highest BCUT2D eigenvalue weighted by Crippen LogP contribution is 2.11. The van der Waals surface area contributed by atoms with Crippen molar-refractivity contribution in [3.05, 3.63) is 52.1 Å². The van der Waals surface area contributed by atoms with Crippen LogP contribution in [-0.4, -0.2) is 17.3 Å². The molecule has 0 saturated carbocycles. The summed E-state index contributed by atoms with van der Waals surface area (Å²) in [7, 11) is 0.